The molecule has 0 N–H and O–H groups in total. The first-order valence-corrected chi connectivity index (χ1v) is 12.7. The van der Waals surface area contributed by atoms with Crippen molar-refractivity contribution in [3.63, 3.8) is 0 Å². The third-order valence-electron chi connectivity index (χ3n) is 6.12. The van der Waals surface area contributed by atoms with Crippen molar-refractivity contribution in [3.8, 4) is 0 Å². The van der Waals surface area contributed by atoms with Crippen LogP contribution < -0.4 is 0 Å². The standard InChI is InChI=1S/C23H35NOS2/c1-2-24(23(25)16-14-20-12-9-17-26-20)18-21-13-15-22(27-21)19-10-7-5-3-4-6-8-11-19/h9,12,14,16-17,19,21-22H,2-8,10-11,13,15,18H2,1H3/b16-14+. The van der Waals surface area contributed by atoms with Gasteiger partial charge in [0.05, 0.1) is 0 Å². The molecule has 0 spiro atoms. The van der Waals surface area contributed by atoms with E-state index in [1.165, 1.54) is 64.2 Å². The van der Waals surface area contributed by atoms with Crippen LogP contribution in [-0.4, -0.2) is 34.4 Å². The molecule has 1 saturated carbocycles. The molecule has 1 aromatic rings. The van der Waals surface area contributed by atoms with Crippen molar-refractivity contribution in [2.75, 3.05) is 13.1 Å². The Balaban J connectivity index is 1.48. The normalized spacial score (nSPS) is 25.2. The molecule has 0 aromatic carbocycles. The number of likely N-dealkylation sites (N-methyl/N-ethyl adjacent to an activating group) is 1. The molecule has 4 heteroatoms. The van der Waals surface area contributed by atoms with Gasteiger partial charge in [0.2, 0.25) is 5.91 Å². The molecule has 1 amide bonds. The van der Waals surface area contributed by atoms with Crippen LogP contribution in [0.15, 0.2) is 23.6 Å². The molecule has 1 aliphatic heterocycles. The number of thioether (sulfide) groups is 1. The molecular formula is C23H35NOS2. The quantitative estimate of drug-likeness (QED) is 0.495. The largest absolute Gasteiger partial charge is 0.338 e. The Morgan fingerprint density at radius 2 is 1.85 bits per heavy atom. The van der Waals surface area contributed by atoms with Gasteiger partial charge in [0.15, 0.2) is 0 Å². The molecule has 1 aromatic heterocycles. The van der Waals surface area contributed by atoms with Crippen LogP contribution in [0.5, 0.6) is 0 Å². The van der Waals surface area contributed by atoms with Gasteiger partial charge in [-0.2, -0.15) is 11.8 Å². The lowest BCUT2D eigenvalue weighted by atomic mass is 9.91. The molecule has 2 heterocycles. The minimum absolute atomic E-state index is 0.164. The van der Waals surface area contributed by atoms with Crippen molar-refractivity contribution in [2.24, 2.45) is 5.92 Å². The predicted molar refractivity (Wildman–Crippen MR) is 120 cm³/mol. The first-order chi connectivity index (χ1) is 13.3. The molecule has 2 atom stereocenters. The van der Waals surface area contributed by atoms with E-state index in [0.29, 0.717) is 5.25 Å². The van der Waals surface area contributed by atoms with Crippen LogP contribution in [-0.2, 0) is 4.79 Å². The molecule has 0 bridgehead atoms. The Morgan fingerprint density at radius 3 is 2.52 bits per heavy atom. The van der Waals surface area contributed by atoms with Crippen LogP contribution in [0.3, 0.4) is 0 Å². The van der Waals surface area contributed by atoms with E-state index in [1.54, 1.807) is 17.4 Å². The van der Waals surface area contributed by atoms with Gasteiger partial charge in [-0.15, -0.1) is 11.3 Å². The lowest BCUT2D eigenvalue weighted by molar-refractivity contribution is -0.125. The Kier molecular flexibility index (Phi) is 8.79. The number of carbonyl (C=O) groups excluding carboxylic acids is 1. The van der Waals surface area contributed by atoms with Crippen LogP contribution >= 0.6 is 23.1 Å². The zero-order chi connectivity index (χ0) is 18.9. The molecule has 0 radical (unpaired) electrons. The van der Waals surface area contributed by atoms with Crippen LogP contribution in [0.2, 0.25) is 0 Å². The van der Waals surface area contributed by atoms with Crippen molar-refractivity contribution in [1.82, 2.24) is 4.90 Å². The van der Waals surface area contributed by atoms with Gasteiger partial charge in [-0.1, -0.05) is 44.6 Å². The summed E-state index contributed by atoms with van der Waals surface area (Å²) in [7, 11) is 0. The summed E-state index contributed by atoms with van der Waals surface area (Å²) >= 11 is 3.88. The van der Waals surface area contributed by atoms with Crippen molar-refractivity contribution in [1.29, 1.82) is 0 Å². The molecule has 1 saturated heterocycles. The second-order valence-corrected chi connectivity index (χ2v) is 10.6. The number of thiophene rings is 1. The summed E-state index contributed by atoms with van der Waals surface area (Å²) in [5, 5.41) is 3.51. The van der Waals surface area contributed by atoms with Gasteiger partial charge in [-0.25, -0.2) is 0 Å². The Labute approximate surface area is 173 Å². The van der Waals surface area contributed by atoms with Gasteiger partial charge in [0.1, 0.15) is 0 Å². The fourth-order valence-corrected chi connectivity index (χ4v) is 6.93. The monoisotopic (exact) mass is 405 g/mol. The maximum atomic E-state index is 12.6. The summed E-state index contributed by atoms with van der Waals surface area (Å²) in [4.78, 5) is 15.8. The summed E-state index contributed by atoms with van der Waals surface area (Å²) in [6.07, 6.45) is 17.8. The van der Waals surface area contributed by atoms with Gasteiger partial charge in [-0.05, 0) is 56.0 Å². The Morgan fingerprint density at radius 1 is 1.11 bits per heavy atom. The highest BCUT2D eigenvalue weighted by Crippen LogP contribution is 2.42. The van der Waals surface area contributed by atoms with Crippen LogP contribution in [0.1, 0.15) is 76.0 Å². The molecule has 27 heavy (non-hydrogen) atoms. The van der Waals surface area contributed by atoms with Gasteiger partial charge in [-0.3, -0.25) is 4.79 Å². The highest BCUT2D eigenvalue weighted by Gasteiger charge is 2.32. The van der Waals surface area contributed by atoms with E-state index < -0.39 is 0 Å². The van der Waals surface area contributed by atoms with Gasteiger partial charge < -0.3 is 4.90 Å². The van der Waals surface area contributed by atoms with Crippen molar-refractivity contribution >= 4 is 35.1 Å². The summed E-state index contributed by atoms with van der Waals surface area (Å²) in [5.41, 5.74) is 0. The van der Waals surface area contributed by atoms with E-state index in [2.05, 4.69) is 30.1 Å². The smallest absolute Gasteiger partial charge is 0.246 e. The number of nitrogens with zero attached hydrogens (tertiary/aromatic N) is 1. The second kappa shape index (κ2) is 11.3. The maximum Gasteiger partial charge on any atom is 0.246 e. The van der Waals surface area contributed by atoms with E-state index in [9.17, 15) is 4.79 Å². The first-order valence-electron chi connectivity index (χ1n) is 10.9. The summed E-state index contributed by atoms with van der Waals surface area (Å²) in [5.74, 6) is 1.08. The molecule has 3 rings (SSSR count). The van der Waals surface area contributed by atoms with E-state index >= 15 is 0 Å². The Bertz CT molecular complexity index is 573. The summed E-state index contributed by atoms with van der Waals surface area (Å²) in [6.45, 7) is 3.82. The molecule has 2 fully saturated rings. The van der Waals surface area contributed by atoms with Crippen molar-refractivity contribution < 1.29 is 4.79 Å². The molecule has 150 valence electrons. The van der Waals surface area contributed by atoms with Crippen molar-refractivity contribution in [2.45, 2.75) is 81.6 Å². The Hall–Kier alpha value is -0.740. The zero-order valence-corrected chi connectivity index (χ0v) is 18.4. The molecule has 2 unspecified atom stereocenters. The predicted octanol–water partition coefficient (Wildman–Crippen LogP) is 6.62. The lowest BCUT2D eigenvalue weighted by Crippen LogP contribution is -2.34. The second-order valence-electron chi connectivity index (χ2n) is 8.06. The maximum absolute atomic E-state index is 12.6. The average molecular weight is 406 g/mol. The van der Waals surface area contributed by atoms with Crippen molar-refractivity contribution in [3.05, 3.63) is 28.5 Å². The molecule has 1 aliphatic carbocycles. The van der Waals surface area contributed by atoms with E-state index in [1.807, 2.05) is 17.0 Å². The van der Waals surface area contributed by atoms with Crippen LogP contribution in [0, 0.1) is 5.92 Å². The summed E-state index contributed by atoms with van der Waals surface area (Å²) in [6, 6.07) is 4.08. The number of hydrogen-bond donors (Lipinski definition) is 0. The average Bonchev–Trinajstić information content (AvgIpc) is 3.37. The fourth-order valence-electron chi connectivity index (χ4n) is 4.52. The third kappa shape index (κ3) is 6.67. The highest BCUT2D eigenvalue weighted by molar-refractivity contribution is 8.00. The highest BCUT2D eigenvalue weighted by atomic mass is 32.2. The minimum Gasteiger partial charge on any atom is -0.338 e. The molecule has 2 aliphatic rings. The number of rotatable bonds is 6. The van der Waals surface area contributed by atoms with Crippen LogP contribution in [0.25, 0.3) is 6.08 Å². The molecule has 2 nitrogen and oxygen atoms in total. The number of amides is 1. The first kappa shape index (κ1) is 21.0. The fraction of sp³-hybridized carbons (Fsp3) is 0.696. The van der Waals surface area contributed by atoms with Crippen LogP contribution in [0.4, 0.5) is 0 Å². The zero-order valence-electron chi connectivity index (χ0n) is 16.8. The number of hydrogen-bond acceptors (Lipinski definition) is 3. The van der Waals surface area contributed by atoms with Gasteiger partial charge in [0.25, 0.3) is 0 Å². The SMILES string of the molecule is CCN(CC1CCC(C2CCCCCCCC2)S1)C(=O)/C=C/c1cccs1. The van der Waals surface area contributed by atoms with Gasteiger partial charge in [0, 0.05) is 34.5 Å². The van der Waals surface area contributed by atoms with Gasteiger partial charge >= 0.3 is 0 Å². The topological polar surface area (TPSA) is 20.3 Å². The number of carbonyl (C=O) groups is 1. The van der Waals surface area contributed by atoms with E-state index in [4.69, 9.17) is 0 Å². The van der Waals surface area contributed by atoms with E-state index in [0.717, 1.165) is 29.1 Å². The minimum atomic E-state index is 0.164. The molecular weight excluding hydrogens is 370 g/mol. The lowest BCUT2D eigenvalue weighted by Gasteiger charge is -2.25. The summed E-state index contributed by atoms with van der Waals surface area (Å²) < 4.78 is 0. The third-order valence-corrected chi connectivity index (χ3v) is 8.69. The van der Waals surface area contributed by atoms with E-state index in [-0.39, 0.29) is 5.91 Å².